The maximum absolute atomic E-state index is 13.2. The number of aromatic nitrogens is 4. The third-order valence-corrected chi connectivity index (χ3v) is 13.8. The second kappa shape index (κ2) is 23.7. The summed E-state index contributed by atoms with van der Waals surface area (Å²) in [7, 11) is 0. The number of ketones is 2. The molecule has 0 saturated heterocycles. The lowest BCUT2D eigenvalue weighted by Crippen LogP contribution is -2.65. The van der Waals surface area contributed by atoms with Crippen molar-refractivity contribution in [2.75, 3.05) is 0 Å². The van der Waals surface area contributed by atoms with Crippen molar-refractivity contribution in [1.82, 2.24) is 24.4 Å². The number of fused-ring (bicyclic) bond motifs is 2. The largest absolute Gasteiger partial charge is 0.478 e. The molecule has 73 heavy (non-hydrogen) atoms. The number of rotatable bonds is 13. The Balaban J connectivity index is 0.000000163. The highest BCUT2D eigenvalue weighted by Crippen LogP contribution is 2.38. The van der Waals surface area contributed by atoms with Crippen LogP contribution in [0.15, 0.2) is 131 Å². The number of benzene rings is 4. The lowest BCUT2D eigenvalue weighted by atomic mass is 9.95. The van der Waals surface area contributed by atoms with Crippen LogP contribution in [0, 0.1) is 22.7 Å². The molecule has 2 aliphatic carbocycles. The van der Waals surface area contributed by atoms with E-state index >= 15 is 0 Å². The normalized spacial score (nSPS) is 14.6. The molecule has 372 valence electrons. The fraction of sp³-hybridized carbons (Fsp3) is 0.310. The topological polar surface area (TPSA) is 238 Å². The summed E-state index contributed by atoms with van der Waals surface area (Å²) in [4.78, 5) is 57.3. The van der Waals surface area contributed by atoms with Gasteiger partial charge in [-0.15, -0.1) is 0 Å². The molecule has 10 rings (SSSR count). The average molecular weight is 980 g/mol. The van der Waals surface area contributed by atoms with Gasteiger partial charge in [-0.1, -0.05) is 62.8 Å². The standard InChI is InChI=1S/C29H28N4O3.C18H18N2O3.C11H12N2O/c1-19(34)25(15-20-7-9-21(17-30)10-8-20)32-29(35)22-11-12-27-26(16-22)31-28(23-13-14-36-18-23)33(27)24-5-3-2-4-6-24;21-18(22)12-6-7-16-15(10-12)19-17(13-8-9-23-11-13)20(16)14-4-2-1-3-5-14;1-8(14)11(13)6-9-2-4-10(7-12)5-3-9/h7-14,16,18,24-25H,2-6,15H2,1H3,(H,32,35);6-11,14H,1-5H2,(H,21,22);2-5,11H,6,13H2,1H3/p+1/t25-;;11-/m0.0/s1. The van der Waals surface area contributed by atoms with Crippen LogP contribution >= 0.6 is 0 Å². The molecule has 5 N–H and O–H groups in total. The number of nitrogens with one attached hydrogen (secondary N) is 1. The third-order valence-electron chi connectivity index (χ3n) is 13.8. The molecule has 0 bridgehead atoms. The number of hydrogen-bond donors (Lipinski definition) is 3. The van der Waals surface area contributed by atoms with E-state index in [1.54, 1.807) is 80.5 Å². The first-order chi connectivity index (χ1) is 35.4. The maximum Gasteiger partial charge on any atom is 0.335 e. The van der Waals surface area contributed by atoms with Crippen LogP contribution in [0.25, 0.3) is 44.8 Å². The van der Waals surface area contributed by atoms with Crippen molar-refractivity contribution in [3.63, 3.8) is 0 Å². The summed E-state index contributed by atoms with van der Waals surface area (Å²) in [6.45, 7) is 3.02. The van der Waals surface area contributed by atoms with Crippen LogP contribution in [0.4, 0.5) is 0 Å². The summed E-state index contributed by atoms with van der Waals surface area (Å²) in [6.07, 6.45) is 19.5. The Bertz CT molecular complexity index is 3270. The highest BCUT2D eigenvalue weighted by atomic mass is 16.4. The van der Waals surface area contributed by atoms with E-state index in [2.05, 4.69) is 26.3 Å². The summed E-state index contributed by atoms with van der Waals surface area (Å²) in [5, 5.41) is 29.7. The molecule has 2 fully saturated rings. The van der Waals surface area contributed by atoms with E-state index in [4.69, 9.17) is 29.3 Å². The minimum atomic E-state index is -0.927. The first-order valence-electron chi connectivity index (χ1n) is 24.9. The van der Waals surface area contributed by atoms with Gasteiger partial charge in [-0.05, 0) is 123 Å². The zero-order chi connectivity index (χ0) is 51.4. The van der Waals surface area contributed by atoms with Gasteiger partial charge in [-0.2, -0.15) is 10.5 Å². The van der Waals surface area contributed by atoms with Gasteiger partial charge in [0.15, 0.2) is 11.6 Å². The lowest BCUT2D eigenvalue weighted by Gasteiger charge is -2.25. The van der Waals surface area contributed by atoms with Crippen molar-refractivity contribution in [3.05, 3.63) is 155 Å². The molecular formula is C58H59N8O7+. The van der Waals surface area contributed by atoms with Crippen molar-refractivity contribution < 1.29 is 38.9 Å². The predicted molar refractivity (Wildman–Crippen MR) is 275 cm³/mol. The molecule has 15 heteroatoms. The van der Waals surface area contributed by atoms with Gasteiger partial charge in [-0.3, -0.25) is 14.4 Å². The fourth-order valence-electron chi connectivity index (χ4n) is 9.71. The number of carbonyl (C=O) groups excluding carboxylic acids is 3. The summed E-state index contributed by atoms with van der Waals surface area (Å²) in [6, 6.07) is 32.9. The van der Waals surface area contributed by atoms with E-state index in [0.29, 0.717) is 41.6 Å². The smallest absolute Gasteiger partial charge is 0.335 e. The van der Waals surface area contributed by atoms with Gasteiger partial charge in [-0.25, -0.2) is 14.8 Å². The molecule has 0 aliphatic heterocycles. The summed E-state index contributed by atoms with van der Waals surface area (Å²) in [5.74, 6) is 0.438. The fourth-order valence-corrected chi connectivity index (χ4v) is 9.71. The van der Waals surface area contributed by atoms with E-state index in [9.17, 15) is 24.3 Å². The van der Waals surface area contributed by atoms with E-state index < -0.39 is 12.0 Å². The summed E-state index contributed by atoms with van der Waals surface area (Å²) < 4.78 is 15.1. The maximum atomic E-state index is 13.2. The number of furan rings is 2. The van der Waals surface area contributed by atoms with Gasteiger partial charge in [0, 0.05) is 31.0 Å². The van der Waals surface area contributed by atoms with Gasteiger partial charge in [0.05, 0.1) is 80.6 Å². The van der Waals surface area contributed by atoms with E-state index in [1.165, 1.54) is 45.4 Å². The van der Waals surface area contributed by atoms with Crippen molar-refractivity contribution in [1.29, 1.82) is 10.5 Å². The van der Waals surface area contributed by atoms with E-state index in [1.807, 2.05) is 54.6 Å². The number of carboxylic acids is 1. The predicted octanol–water partition coefficient (Wildman–Crippen LogP) is 10.4. The zero-order valence-electron chi connectivity index (χ0n) is 41.1. The Morgan fingerprint density at radius 1 is 0.644 bits per heavy atom. The van der Waals surface area contributed by atoms with Gasteiger partial charge < -0.3 is 34.1 Å². The second-order valence-electron chi connectivity index (χ2n) is 18.9. The Labute approximate surface area is 423 Å². The summed E-state index contributed by atoms with van der Waals surface area (Å²) in [5.41, 5.74) is 12.9. The molecule has 0 spiro atoms. The Kier molecular flexibility index (Phi) is 16.5. The van der Waals surface area contributed by atoms with Crippen LogP contribution in [0.3, 0.4) is 0 Å². The molecular weight excluding hydrogens is 921 g/mol. The Morgan fingerprint density at radius 2 is 1.10 bits per heavy atom. The van der Waals surface area contributed by atoms with Crippen LogP contribution < -0.4 is 11.1 Å². The van der Waals surface area contributed by atoms with Crippen LogP contribution in [-0.4, -0.2) is 59.7 Å². The van der Waals surface area contributed by atoms with Gasteiger partial charge in [0.1, 0.15) is 30.2 Å². The minimum absolute atomic E-state index is 0.0920. The molecule has 4 heterocycles. The number of imidazole rings is 2. The van der Waals surface area contributed by atoms with Crippen LogP contribution in [-0.2, 0) is 22.4 Å². The third kappa shape index (κ3) is 12.4. The molecule has 8 aromatic rings. The number of amides is 1. The first-order valence-corrected chi connectivity index (χ1v) is 24.9. The number of Topliss-reactive ketones (excluding diaryl/α,β-unsaturated/α-hetero) is 2. The number of hydrogen-bond acceptors (Lipinski definition) is 10. The molecule has 0 unspecified atom stereocenters. The molecule has 1 amide bonds. The number of aromatic carboxylic acids is 1. The van der Waals surface area contributed by atoms with Crippen molar-refractivity contribution >= 4 is 45.5 Å². The van der Waals surface area contributed by atoms with Crippen LogP contribution in [0.2, 0.25) is 0 Å². The van der Waals surface area contributed by atoms with E-state index in [-0.39, 0.29) is 29.1 Å². The quantitative estimate of drug-likeness (QED) is 0.0982. The highest BCUT2D eigenvalue weighted by molar-refractivity contribution is 6.00. The van der Waals surface area contributed by atoms with Crippen LogP contribution in [0.1, 0.15) is 133 Å². The zero-order valence-corrected chi connectivity index (χ0v) is 41.1. The number of carboxylic acid groups (broad SMARTS) is 1. The SMILES string of the molecule is CC(=O)[C@@H]([NH3+])Cc1ccc(C#N)cc1.CC(=O)[C@H](Cc1ccc(C#N)cc1)NC(=O)c1ccc2c(c1)nc(-c1ccoc1)n2C1CCCCC1.O=C(O)c1ccc2c(c1)nc(-c1ccoc1)n2C1CCCCC1. The Morgan fingerprint density at radius 3 is 1.51 bits per heavy atom. The van der Waals surface area contributed by atoms with Gasteiger partial charge in [0.2, 0.25) is 0 Å². The molecule has 15 nitrogen and oxygen atoms in total. The van der Waals surface area contributed by atoms with Crippen molar-refractivity contribution in [2.45, 2.75) is 115 Å². The minimum Gasteiger partial charge on any atom is -0.478 e. The molecule has 4 aromatic carbocycles. The number of carbonyl (C=O) groups is 4. The number of quaternary nitrogens is 1. The highest BCUT2D eigenvalue weighted by Gasteiger charge is 2.26. The van der Waals surface area contributed by atoms with Crippen molar-refractivity contribution in [3.8, 4) is 34.9 Å². The second-order valence-corrected chi connectivity index (χ2v) is 18.9. The number of nitrogens with zero attached hydrogens (tertiary/aromatic N) is 6. The van der Waals surface area contributed by atoms with Gasteiger partial charge >= 0.3 is 5.97 Å². The molecule has 4 aromatic heterocycles. The molecule has 2 aliphatic rings. The molecule has 0 radical (unpaired) electrons. The monoisotopic (exact) mass is 979 g/mol. The lowest BCUT2D eigenvalue weighted by molar-refractivity contribution is -0.402. The summed E-state index contributed by atoms with van der Waals surface area (Å²) >= 11 is 0. The Hall–Kier alpha value is -8.40. The van der Waals surface area contributed by atoms with Crippen LogP contribution in [0.5, 0.6) is 0 Å². The average Bonchev–Trinajstić information content (AvgIpc) is 4.27. The van der Waals surface area contributed by atoms with E-state index in [0.717, 1.165) is 81.7 Å². The van der Waals surface area contributed by atoms with Gasteiger partial charge in [0.25, 0.3) is 5.91 Å². The molecule has 2 saturated carbocycles. The van der Waals surface area contributed by atoms with Crippen molar-refractivity contribution in [2.24, 2.45) is 0 Å². The molecule has 2 atom stereocenters. The first kappa shape index (κ1) is 51.0. The number of nitriles is 2.